The highest BCUT2D eigenvalue weighted by atomic mass is 16.4. The van der Waals surface area contributed by atoms with Crippen LogP contribution in [-0.2, 0) is 4.79 Å². The highest BCUT2D eigenvalue weighted by Crippen LogP contribution is 2.69. The molecule has 4 atom stereocenters. The number of carboxylic acid groups (broad SMARTS) is 1. The number of amides is 1. The molecule has 4 unspecified atom stereocenters. The second-order valence-electron chi connectivity index (χ2n) is 6.24. The molecule has 3 aliphatic rings. The number of rotatable bonds is 3. The van der Waals surface area contributed by atoms with Crippen molar-refractivity contribution in [3.63, 3.8) is 0 Å². The molecule has 1 amide bonds. The number of anilines is 1. The summed E-state index contributed by atoms with van der Waals surface area (Å²) in [6.07, 6.45) is 5.18. The highest BCUT2D eigenvalue weighted by molar-refractivity contribution is 5.95. The molecular formula is C15H16N2O3. The van der Waals surface area contributed by atoms with Crippen LogP contribution in [0.2, 0.25) is 0 Å². The van der Waals surface area contributed by atoms with Crippen molar-refractivity contribution < 1.29 is 14.7 Å². The van der Waals surface area contributed by atoms with Gasteiger partial charge in [-0.15, -0.1) is 0 Å². The molecule has 20 heavy (non-hydrogen) atoms. The summed E-state index contributed by atoms with van der Waals surface area (Å²) in [5, 5.41) is 11.6. The lowest BCUT2D eigenvalue weighted by molar-refractivity contribution is -0.118. The van der Waals surface area contributed by atoms with Crippen LogP contribution >= 0.6 is 0 Å². The number of fused-ring (bicyclic) bond motifs is 5. The highest BCUT2D eigenvalue weighted by Gasteiger charge is 2.67. The van der Waals surface area contributed by atoms with Crippen molar-refractivity contribution in [3.05, 3.63) is 23.9 Å². The van der Waals surface area contributed by atoms with Crippen LogP contribution in [0, 0.1) is 29.6 Å². The van der Waals surface area contributed by atoms with Crippen LogP contribution < -0.4 is 5.32 Å². The van der Waals surface area contributed by atoms with Crippen molar-refractivity contribution in [3.8, 4) is 0 Å². The van der Waals surface area contributed by atoms with E-state index in [2.05, 4.69) is 10.3 Å². The summed E-state index contributed by atoms with van der Waals surface area (Å²) in [6.45, 7) is 0. The Morgan fingerprint density at radius 1 is 1.20 bits per heavy atom. The molecule has 3 saturated carbocycles. The minimum absolute atomic E-state index is 0.0622. The van der Waals surface area contributed by atoms with Crippen LogP contribution in [-0.4, -0.2) is 22.0 Å². The number of nitrogens with one attached hydrogen (secondary N) is 1. The van der Waals surface area contributed by atoms with E-state index in [1.165, 1.54) is 31.5 Å². The third-order valence-corrected chi connectivity index (χ3v) is 5.30. The van der Waals surface area contributed by atoms with Crippen molar-refractivity contribution >= 4 is 17.7 Å². The molecular weight excluding hydrogens is 256 g/mol. The van der Waals surface area contributed by atoms with Gasteiger partial charge in [0.15, 0.2) is 0 Å². The normalized spacial score (nSPS) is 36.5. The second-order valence-corrected chi connectivity index (χ2v) is 6.24. The fourth-order valence-electron chi connectivity index (χ4n) is 4.48. The molecule has 0 spiro atoms. The van der Waals surface area contributed by atoms with Crippen molar-refractivity contribution in [2.45, 2.75) is 19.3 Å². The largest absolute Gasteiger partial charge is 0.478 e. The van der Waals surface area contributed by atoms with E-state index in [1.807, 2.05) is 0 Å². The molecule has 0 aliphatic heterocycles. The molecule has 1 heterocycles. The molecule has 1 aromatic heterocycles. The van der Waals surface area contributed by atoms with E-state index in [0.29, 0.717) is 17.7 Å². The lowest BCUT2D eigenvalue weighted by Gasteiger charge is -2.09. The number of carbonyl (C=O) groups excluding carboxylic acids is 1. The van der Waals surface area contributed by atoms with Crippen molar-refractivity contribution in [1.29, 1.82) is 0 Å². The van der Waals surface area contributed by atoms with Gasteiger partial charge in [0, 0.05) is 12.1 Å². The van der Waals surface area contributed by atoms with Crippen molar-refractivity contribution in [1.82, 2.24) is 4.98 Å². The van der Waals surface area contributed by atoms with Crippen LogP contribution in [0.4, 0.5) is 5.82 Å². The molecule has 5 nitrogen and oxygen atoms in total. The molecule has 104 valence electrons. The summed E-state index contributed by atoms with van der Waals surface area (Å²) in [5.41, 5.74) is 0.129. The van der Waals surface area contributed by atoms with Crippen molar-refractivity contribution in [2.24, 2.45) is 29.6 Å². The van der Waals surface area contributed by atoms with E-state index in [1.54, 1.807) is 6.07 Å². The minimum atomic E-state index is -1.01. The monoisotopic (exact) mass is 272 g/mol. The number of pyridine rings is 1. The van der Waals surface area contributed by atoms with Gasteiger partial charge in [-0.2, -0.15) is 0 Å². The maximum absolute atomic E-state index is 12.3. The third kappa shape index (κ3) is 1.65. The maximum Gasteiger partial charge on any atom is 0.337 e. The first-order valence-electron chi connectivity index (χ1n) is 7.15. The molecule has 1 aromatic rings. The number of carboxylic acids is 1. The molecule has 3 aliphatic carbocycles. The van der Waals surface area contributed by atoms with E-state index < -0.39 is 5.97 Å². The Labute approximate surface area is 116 Å². The summed E-state index contributed by atoms with van der Waals surface area (Å²) in [6, 6.07) is 3.01. The first kappa shape index (κ1) is 11.9. The number of hydrogen-bond acceptors (Lipinski definition) is 3. The van der Waals surface area contributed by atoms with E-state index in [0.717, 1.165) is 11.8 Å². The quantitative estimate of drug-likeness (QED) is 0.882. The second kappa shape index (κ2) is 4.04. The van der Waals surface area contributed by atoms with Gasteiger partial charge in [0.25, 0.3) is 0 Å². The molecule has 0 radical (unpaired) electrons. The summed E-state index contributed by atoms with van der Waals surface area (Å²) in [5.74, 6) is 2.40. The van der Waals surface area contributed by atoms with Crippen LogP contribution in [0.15, 0.2) is 18.3 Å². The predicted octanol–water partition coefficient (Wildman–Crippen LogP) is 2.01. The number of carbonyl (C=O) groups is 2. The number of hydrogen-bond donors (Lipinski definition) is 2. The zero-order chi connectivity index (χ0) is 13.9. The first-order chi connectivity index (χ1) is 9.65. The van der Waals surface area contributed by atoms with Gasteiger partial charge in [0.05, 0.1) is 5.56 Å². The summed E-state index contributed by atoms with van der Waals surface area (Å²) >= 11 is 0. The fraction of sp³-hybridized carbons (Fsp3) is 0.533. The van der Waals surface area contributed by atoms with E-state index >= 15 is 0 Å². The molecule has 2 N–H and O–H groups in total. The summed E-state index contributed by atoms with van der Waals surface area (Å²) in [4.78, 5) is 27.0. The van der Waals surface area contributed by atoms with Gasteiger partial charge in [0.1, 0.15) is 5.82 Å². The van der Waals surface area contributed by atoms with Gasteiger partial charge in [-0.05, 0) is 55.1 Å². The lowest BCUT2D eigenvalue weighted by atomic mass is 10.0. The molecule has 0 saturated heterocycles. The van der Waals surface area contributed by atoms with E-state index in [4.69, 9.17) is 5.11 Å². The number of nitrogens with zero attached hydrogens (tertiary/aromatic N) is 1. The Morgan fingerprint density at radius 3 is 2.45 bits per heavy atom. The molecule has 4 rings (SSSR count). The molecule has 5 heteroatoms. The van der Waals surface area contributed by atoms with Gasteiger partial charge in [-0.25, -0.2) is 9.78 Å². The number of aromatic nitrogens is 1. The van der Waals surface area contributed by atoms with Gasteiger partial charge in [-0.3, -0.25) is 4.79 Å². The van der Waals surface area contributed by atoms with E-state index in [9.17, 15) is 9.59 Å². The fourth-order valence-corrected chi connectivity index (χ4v) is 4.48. The molecule has 0 aromatic carbocycles. The standard InChI is InChI=1S/C15H16N2O3/c18-14(13-11-7-1-2-8(5-7)12(11)13)17-10-4-3-9(6-16-10)15(19)20/h3-4,6-8,11-13H,1-2,5H2,(H,19,20)(H,16,17,18). The third-order valence-electron chi connectivity index (χ3n) is 5.30. The van der Waals surface area contributed by atoms with Crippen LogP contribution in [0.5, 0.6) is 0 Å². The van der Waals surface area contributed by atoms with Crippen LogP contribution in [0.1, 0.15) is 29.6 Å². The van der Waals surface area contributed by atoms with Gasteiger partial charge in [-0.1, -0.05) is 0 Å². The molecule has 3 fully saturated rings. The Morgan fingerprint density at radius 2 is 1.90 bits per heavy atom. The van der Waals surface area contributed by atoms with Gasteiger partial charge >= 0.3 is 5.97 Å². The predicted molar refractivity (Wildman–Crippen MR) is 71.1 cm³/mol. The molecule has 2 bridgehead atoms. The van der Waals surface area contributed by atoms with Gasteiger partial charge in [0.2, 0.25) is 5.91 Å². The topological polar surface area (TPSA) is 79.3 Å². The maximum atomic E-state index is 12.3. The van der Waals surface area contributed by atoms with Crippen LogP contribution in [0.3, 0.4) is 0 Å². The average molecular weight is 272 g/mol. The Bertz CT molecular complexity index is 567. The number of aromatic carboxylic acids is 1. The average Bonchev–Trinajstić information content (AvgIpc) is 2.89. The van der Waals surface area contributed by atoms with Gasteiger partial charge < -0.3 is 10.4 Å². The summed E-state index contributed by atoms with van der Waals surface area (Å²) in [7, 11) is 0. The zero-order valence-electron chi connectivity index (χ0n) is 11.0. The van der Waals surface area contributed by atoms with Crippen LogP contribution in [0.25, 0.3) is 0 Å². The SMILES string of the molecule is O=C(O)c1ccc(NC(=O)C2C3C4CCC(C4)C23)nc1. The zero-order valence-corrected chi connectivity index (χ0v) is 11.0. The van der Waals surface area contributed by atoms with Crippen molar-refractivity contribution in [2.75, 3.05) is 5.32 Å². The minimum Gasteiger partial charge on any atom is -0.478 e. The Kier molecular flexibility index (Phi) is 2.40. The lowest BCUT2D eigenvalue weighted by Crippen LogP contribution is -2.19. The van der Waals surface area contributed by atoms with E-state index in [-0.39, 0.29) is 17.4 Å². The Balaban J connectivity index is 1.42. The summed E-state index contributed by atoms with van der Waals surface area (Å²) < 4.78 is 0. The first-order valence-corrected chi connectivity index (χ1v) is 7.15. The Hall–Kier alpha value is -1.91. The smallest absolute Gasteiger partial charge is 0.337 e.